The first-order valence-electron chi connectivity index (χ1n) is 5.90. The summed E-state index contributed by atoms with van der Waals surface area (Å²) in [5.74, 6) is -4.15. The van der Waals surface area contributed by atoms with Crippen molar-refractivity contribution in [2.75, 3.05) is 11.9 Å². The van der Waals surface area contributed by atoms with Crippen molar-refractivity contribution >= 4 is 27.3 Å². The second-order valence-electron chi connectivity index (χ2n) is 4.11. The molecule has 6 nitrogen and oxygen atoms in total. The van der Waals surface area contributed by atoms with Crippen LogP contribution in [0, 0.1) is 0 Å². The van der Waals surface area contributed by atoms with Gasteiger partial charge in [0.1, 0.15) is 0 Å². The van der Waals surface area contributed by atoms with Crippen molar-refractivity contribution in [1.82, 2.24) is 5.32 Å². The molecule has 0 aromatic heterocycles. The van der Waals surface area contributed by atoms with Gasteiger partial charge in [-0.3, -0.25) is 9.59 Å². The zero-order valence-electron chi connectivity index (χ0n) is 11.1. The van der Waals surface area contributed by atoms with Gasteiger partial charge in [-0.15, -0.1) is 0 Å². The predicted molar refractivity (Wildman–Crippen MR) is 71.6 cm³/mol. The summed E-state index contributed by atoms with van der Waals surface area (Å²) >= 11 is 0. The van der Waals surface area contributed by atoms with Gasteiger partial charge in [-0.1, -0.05) is 0 Å². The molecule has 0 aliphatic carbocycles. The Hall–Kier alpha value is -2.03. The van der Waals surface area contributed by atoms with Gasteiger partial charge < -0.3 is 10.6 Å². The minimum atomic E-state index is -4.64. The number of sulfone groups is 1. The molecule has 0 spiro atoms. The number of amides is 2. The van der Waals surface area contributed by atoms with Gasteiger partial charge in [-0.25, -0.2) is 8.42 Å². The molecule has 9 heteroatoms. The number of anilines is 1. The van der Waals surface area contributed by atoms with E-state index in [9.17, 15) is 26.8 Å². The molecule has 0 aliphatic heterocycles. The number of carbonyl (C=O) groups is 2. The third kappa shape index (κ3) is 5.10. The molecule has 1 aromatic rings. The minimum Gasteiger partial charge on any atom is -0.356 e. The van der Waals surface area contributed by atoms with Gasteiger partial charge >= 0.3 is 5.76 Å². The number of halogens is 2. The fraction of sp³-hybridized carbons (Fsp3) is 0.333. The summed E-state index contributed by atoms with van der Waals surface area (Å²) in [4.78, 5) is 21.6. The SMILES string of the molecule is CC(=O)NCCC(=O)Nc1ccc(S(=O)(=O)C(F)F)cc1. The van der Waals surface area contributed by atoms with Crippen molar-refractivity contribution < 1.29 is 26.8 Å². The average Bonchev–Trinajstić information content (AvgIpc) is 2.38. The molecule has 0 atom stereocenters. The van der Waals surface area contributed by atoms with E-state index in [0.717, 1.165) is 12.1 Å². The molecule has 0 saturated carbocycles. The summed E-state index contributed by atoms with van der Waals surface area (Å²) in [5.41, 5.74) is 0.274. The highest BCUT2D eigenvalue weighted by atomic mass is 32.2. The van der Waals surface area contributed by atoms with E-state index in [4.69, 9.17) is 0 Å². The molecule has 0 bridgehead atoms. The summed E-state index contributed by atoms with van der Waals surface area (Å²) in [7, 11) is -4.64. The fourth-order valence-corrected chi connectivity index (χ4v) is 2.13. The highest BCUT2D eigenvalue weighted by Gasteiger charge is 2.26. The molecule has 0 heterocycles. The smallest absolute Gasteiger partial charge is 0.341 e. The molecule has 0 radical (unpaired) electrons. The lowest BCUT2D eigenvalue weighted by Crippen LogP contribution is -2.25. The van der Waals surface area contributed by atoms with Crippen molar-refractivity contribution in [3.8, 4) is 0 Å². The Balaban J connectivity index is 2.63. The summed E-state index contributed by atoms with van der Waals surface area (Å²) in [6.07, 6.45) is 0.0384. The quantitative estimate of drug-likeness (QED) is 0.822. The van der Waals surface area contributed by atoms with E-state index in [1.165, 1.54) is 19.1 Å². The van der Waals surface area contributed by atoms with Gasteiger partial charge in [0.15, 0.2) is 0 Å². The molecule has 1 aromatic carbocycles. The van der Waals surface area contributed by atoms with Crippen LogP contribution in [0.1, 0.15) is 13.3 Å². The van der Waals surface area contributed by atoms with E-state index in [1.54, 1.807) is 0 Å². The van der Waals surface area contributed by atoms with E-state index in [0.29, 0.717) is 0 Å². The molecule has 0 saturated heterocycles. The lowest BCUT2D eigenvalue weighted by Gasteiger charge is -2.07. The van der Waals surface area contributed by atoms with Crippen LogP contribution in [0.5, 0.6) is 0 Å². The van der Waals surface area contributed by atoms with E-state index >= 15 is 0 Å². The van der Waals surface area contributed by atoms with Crippen LogP contribution < -0.4 is 10.6 Å². The van der Waals surface area contributed by atoms with Crippen molar-refractivity contribution in [3.63, 3.8) is 0 Å². The van der Waals surface area contributed by atoms with Crippen molar-refractivity contribution in [2.45, 2.75) is 24.0 Å². The van der Waals surface area contributed by atoms with Gasteiger partial charge in [0.2, 0.25) is 21.7 Å². The molecular formula is C12H14F2N2O4S. The van der Waals surface area contributed by atoms with Crippen molar-refractivity contribution in [3.05, 3.63) is 24.3 Å². The minimum absolute atomic E-state index is 0.0384. The van der Waals surface area contributed by atoms with Gasteiger partial charge in [0.05, 0.1) is 4.90 Å². The van der Waals surface area contributed by atoms with E-state index in [2.05, 4.69) is 10.6 Å². The lowest BCUT2D eigenvalue weighted by atomic mass is 10.3. The number of alkyl halides is 2. The maximum absolute atomic E-state index is 12.3. The van der Waals surface area contributed by atoms with Crippen molar-refractivity contribution in [1.29, 1.82) is 0 Å². The van der Waals surface area contributed by atoms with E-state index in [-0.39, 0.29) is 24.6 Å². The maximum Gasteiger partial charge on any atom is 0.341 e. The predicted octanol–water partition coefficient (Wildman–Crippen LogP) is 1.15. The first kappa shape index (κ1) is 17.0. The summed E-state index contributed by atoms with van der Waals surface area (Å²) in [6.45, 7) is 1.49. The number of hydrogen-bond donors (Lipinski definition) is 2. The van der Waals surface area contributed by atoms with Crippen LogP contribution in [-0.4, -0.2) is 32.5 Å². The third-order valence-electron chi connectivity index (χ3n) is 2.43. The van der Waals surface area contributed by atoms with Crippen LogP contribution in [0.25, 0.3) is 0 Å². The van der Waals surface area contributed by atoms with Gasteiger partial charge in [-0.2, -0.15) is 8.78 Å². The normalized spacial score (nSPS) is 11.2. The molecule has 1 rings (SSSR count). The molecule has 0 fully saturated rings. The number of carbonyl (C=O) groups excluding carboxylic acids is 2. The van der Waals surface area contributed by atoms with Crippen LogP contribution in [0.2, 0.25) is 0 Å². The lowest BCUT2D eigenvalue weighted by molar-refractivity contribution is -0.119. The molecule has 2 amide bonds. The Morgan fingerprint density at radius 1 is 1.19 bits per heavy atom. The van der Waals surface area contributed by atoms with Crippen LogP contribution in [0.15, 0.2) is 29.2 Å². The average molecular weight is 320 g/mol. The number of hydrogen-bond acceptors (Lipinski definition) is 4. The number of nitrogens with one attached hydrogen (secondary N) is 2. The van der Waals surface area contributed by atoms with Gasteiger partial charge in [-0.05, 0) is 24.3 Å². The largest absolute Gasteiger partial charge is 0.356 e. The van der Waals surface area contributed by atoms with Gasteiger partial charge in [0, 0.05) is 25.6 Å². The Morgan fingerprint density at radius 3 is 2.24 bits per heavy atom. The number of rotatable bonds is 6. The monoisotopic (exact) mass is 320 g/mol. The first-order valence-corrected chi connectivity index (χ1v) is 7.44. The summed E-state index contributed by atoms with van der Waals surface area (Å²) in [5, 5.41) is 4.89. The highest BCUT2D eigenvalue weighted by Crippen LogP contribution is 2.20. The van der Waals surface area contributed by atoms with Crippen LogP contribution in [0.3, 0.4) is 0 Å². The van der Waals surface area contributed by atoms with E-state index < -0.39 is 26.4 Å². The molecule has 0 unspecified atom stereocenters. The molecule has 21 heavy (non-hydrogen) atoms. The van der Waals surface area contributed by atoms with Crippen LogP contribution in [0.4, 0.5) is 14.5 Å². The Kier molecular flexibility index (Phi) is 5.77. The third-order valence-corrected chi connectivity index (χ3v) is 3.83. The van der Waals surface area contributed by atoms with E-state index in [1.807, 2.05) is 0 Å². The maximum atomic E-state index is 12.3. The van der Waals surface area contributed by atoms with Crippen LogP contribution in [-0.2, 0) is 19.4 Å². The zero-order chi connectivity index (χ0) is 16.0. The second-order valence-corrected chi connectivity index (χ2v) is 6.03. The Morgan fingerprint density at radius 2 is 1.76 bits per heavy atom. The molecule has 116 valence electrons. The fourth-order valence-electron chi connectivity index (χ4n) is 1.41. The molecular weight excluding hydrogens is 306 g/mol. The molecule has 2 N–H and O–H groups in total. The standard InChI is InChI=1S/C12H14F2N2O4S/c1-8(17)15-7-6-11(18)16-9-2-4-10(5-3-9)21(19,20)12(13)14/h2-5,12H,6-7H2,1H3,(H,15,17)(H,16,18). The Bertz CT molecular complexity index is 615. The first-order chi connectivity index (χ1) is 9.73. The second kappa shape index (κ2) is 7.11. The highest BCUT2D eigenvalue weighted by molar-refractivity contribution is 7.91. The Labute approximate surface area is 120 Å². The topological polar surface area (TPSA) is 92.3 Å². The van der Waals surface area contributed by atoms with Crippen LogP contribution >= 0.6 is 0 Å². The van der Waals surface area contributed by atoms with Gasteiger partial charge in [0.25, 0.3) is 0 Å². The number of benzene rings is 1. The van der Waals surface area contributed by atoms with Crippen molar-refractivity contribution in [2.24, 2.45) is 0 Å². The zero-order valence-corrected chi connectivity index (χ0v) is 11.9. The molecule has 0 aliphatic rings. The summed E-state index contributed by atoms with van der Waals surface area (Å²) in [6, 6.07) is 4.41. The summed E-state index contributed by atoms with van der Waals surface area (Å²) < 4.78 is 47.0.